The van der Waals surface area contributed by atoms with Crippen LogP contribution >= 0.6 is 11.8 Å². The molecule has 1 atom stereocenters. The molecule has 0 radical (unpaired) electrons. The molecule has 0 aromatic heterocycles. The molecule has 0 spiro atoms. The third kappa shape index (κ3) is 2.91. The van der Waals surface area contributed by atoms with Crippen molar-refractivity contribution in [1.82, 2.24) is 9.80 Å². The molecule has 0 aromatic carbocycles. The number of aliphatic carboxylic acids is 1. The van der Waals surface area contributed by atoms with Crippen LogP contribution in [0, 0.1) is 5.92 Å². The normalized spacial score (nSPS) is 24.5. The second kappa shape index (κ2) is 5.82. The highest BCUT2D eigenvalue weighted by molar-refractivity contribution is 7.99. The Morgan fingerprint density at radius 1 is 1.44 bits per heavy atom. The number of hydrogen-bond donors (Lipinski definition) is 1. The summed E-state index contributed by atoms with van der Waals surface area (Å²) in [4.78, 5) is 26.6. The number of carboxylic acids is 1. The average molecular weight is 272 g/mol. The Morgan fingerprint density at radius 2 is 2.17 bits per heavy atom. The van der Waals surface area contributed by atoms with Crippen molar-refractivity contribution in [2.45, 2.75) is 25.3 Å². The molecular weight excluding hydrogens is 252 g/mol. The first-order chi connectivity index (χ1) is 8.59. The van der Waals surface area contributed by atoms with Crippen molar-refractivity contribution in [2.75, 3.05) is 31.6 Å². The number of carbonyl (C=O) groups is 2. The minimum absolute atomic E-state index is 0.130. The highest BCUT2D eigenvalue weighted by atomic mass is 32.2. The fraction of sp³-hybridized carbons (Fsp3) is 0.833. The molecule has 1 unspecified atom stereocenters. The van der Waals surface area contributed by atoms with Gasteiger partial charge in [-0.1, -0.05) is 6.42 Å². The Kier molecular flexibility index (Phi) is 4.37. The lowest BCUT2D eigenvalue weighted by Gasteiger charge is -2.37. The van der Waals surface area contributed by atoms with Gasteiger partial charge in [-0.3, -0.25) is 0 Å². The van der Waals surface area contributed by atoms with Gasteiger partial charge < -0.3 is 14.9 Å². The van der Waals surface area contributed by atoms with E-state index in [1.807, 2.05) is 0 Å². The predicted octanol–water partition coefficient (Wildman–Crippen LogP) is 1.34. The monoisotopic (exact) mass is 272 g/mol. The van der Waals surface area contributed by atoms with Gasteiger partial charge in [0, 0.05) is 31.6 Å². The van der Waals surface area contributed by atoms with Gasteiger partial charge in [0.15, 0.2) is 0 Å². The van der Waals surface area contributed by atoms with Gasteiger partial charge in [-0.25, -0.2) is 9.59 Å². The van der Waals surface area contributed by atoms with Crippen LogP contribution in [0.4, 0.5) is 4.79 Å². The van der Waals surface area contributed by atoms with Crippen molar-refractivity contribution in [3.63, 3.8) is 0 Å². The molecule has 1 saturated heterocycles. The lowest BCUT2D eigenvalue weighted by atomic mass is 9.85. The fourth-order valence-electron chi connectivity index (χ4n) is 2.40. The van der Waals surface area contributed by atoms with Crippen molar-refractivity contribution in [3.8, 4) is 0 Å². The Bertz CT molecular complexity index is 333. The maximum Gasteiger partial charge on any atom is 0.327 e. The van der Waals surface area contributed by atoms with Crippen molar-refractivity contribution in [3.05, 3.63) is 0 Å². The number of amides is 2. The molecule has 2 rings (SSSR count). The van der Waals surface area contributed by atoms with E-state index in [0.717, 1.165) is 12.3 Å². The van der Waals surface area contributed by atoms with Gasteiger partial charge in [0.25, 0.3) is 0 Å². The summed E-state index contributed by atoms with van der Waals surface area (Å²) in [5.41, 5.74) is 0. The lowest BCUT2D eigenvalue weighted by molar-refractivity contribution is -0.141. The summed E-state index contributed by atoms with van der Waals surface area (Å²) in [6.07, 6.45) is 3.64. The molecule has 2 fully saturated rings. The molecule has 2 amide bonds. The molecule has 5 nitrogen and oxygen atoms in total. The van der Waals surface area contributed by atoms with Gasteiger partial charge in [-0.2, -0.15) is 11.8 Å². The van der Waals surface area contributed by atoms with Gasteiger partial charge in [0.2, 0.25) is 0 Å². The predicted molar refractivity (Wildman–Crippen MR) is 70.8 cm³/mol. The average Bonchev–Trinajstić information content (AvgIpc) is 2.32. The van der Waals surface area contributed by atoms with Gasteiger partial charge in [-0.05, 0) is 18.8 Å². The molecule has 1 N–H and O–H groups in total. The largest absolute Gasteiger partial charge is 0.480 e. The van der Waals surface area contributed by atoms with Crippen LogP contribution in [0.1, 0.15) is 19.3 Å². The van der Waals surface area contributed by atoms with E-state index < -0.39 is 12.0 Å². The maximum absolute atomic E-state index is 12.3. The van der Waals surface area contributed by atoms with Crippen molar-refractivity contribution in [1.29, 1.82) is 0 Å². The van der Waals surface area contributed by atoms with Crippen LogP contribution in [0.2, 0.25) is 0 Å². The first kappa shape index (κ1) is 13.5. The summed E-state index contributed by atoms with van der Waals surface area (Å²) < 4.78 is 0. The minimum Gasteiger partial charge on any atom is -0.480 e. The van der Waals surface area contributed by atoms with Crippen molar-refractivity contribution >= 4 is 23.8 Å². The van der Waals surface area contributed by atoms with E-state index in [1.165, 1.54) is 24.2 Å². The van der Waals surface area contributed by atoms with E-state index in [1.54, 1.807) is 23.7 Å². The number of urea groups is 1. The minimum atomic E-state index is -0.896. The molecular formula is C12H20N2O3S. The van der Waals surface area contributed by atoms with E-state index in [9.17, 15) is 9.59 Å². The molecule has 1 aliphatic heterocycles. The molecule has 2 aliphatic rings. The molecule has 18 heavy (non-hydrogen) atoms. The van der Waals surface area contributed by atoms with Crippen LogP contribution in [0.3, 0.4) is 0 Å². The Labute approximate surface area is 112 Å². The number of thioether (sulfide) groups is 1. The molecule has 0 aromatic rings. The molecule has 1 heterocycles. The quantitative estimate of drug-likeness (QED) is 0.842. The first-order valence-electron chi connectivity index (χ1n) is 6.42. The number of rotatable bonds is 3. The first-order valence-corrected chi connectivity index (χ1v) is 7.57. The highest BCUT2D eigenvalue weighted by Crippen LogP contribution is 2.27. The molecule has 1 saturated carbocycles. The van der Waals surface area contributed by atoms with E-state index in [2.05, 4.69) is 0 Å². The number of nitrogens with zero attached hydrogens (tertiary/aromatic N) is 2. The second-order valence-electron chi connectivity index (χ2n) is 5.08. The maximum atomic E-state index is 12.3. The Balaban J connectivity index is 1.94. The van der Waals surface area contributed by atoms with E-state index in [0.29, 0.717) is 18.2 Å². The third-order valence-corrected chi connectivity index (χ3v) is 4.77. The Hall–Kier alpha value is -0.910. The summed E-state index contributed by atoms with van der Waals surface area (Å²) in [6.45, 7) is 1.30. The van der Waals surface area contributed by atoms with Crippen LogP contribution in [0.5, 0.6) is 0 Å². The van der Waals surface area contributed by atoms with Gasteiger partial charge in [0.05, 0.1) is 0 Å². The lowest BCUT2D eigenvalue weighted by Crippen LogP contribution is -2.54. The summed E-state index contributed by atoms with van der Waals surface area (Å²) in [5, 5.41) is 9.15. The third-order valence-electron chi connectivity index (χ3n) is 3.74. The summed E-state index contributed by atoms with van der Waals surface area (Å²) in [7, 11) is 1.78. The second-order valence-corrected chi connectivity index (χ2v) is 6.23. The Morgan fingerprint density at radius 3 is 2.72 bits per heavy atom. The molecule has 102 valence electrons. The topological polar surface area (TPSA) is 60.9 Å². The zero-order chi connectivity index (χ0) is 13.1. The van der Waals surface area contributed by atoms with Gasteiger partial charge in [-0.15, -0.1) is 0 Å². The molecule has 6 heteroatoms. The molecule has 1 aliphatic carbocycles. The van der Waals surface area contributed by atoms with Crippen LogP contribution in [-0.4, -0.2) is 64.6 Å². The van der Waals surface area contributed by atoms with Gasteiger partial charge >= 0.3 is 12.0 Å². The summed E-state index contributed by atoms with van der Waals surface area (Å²) in [6, 6.07) is -0.797. The standard InChI is InChI=1S/C12H20N2O3S/c1-13(7-9-3-2-4-9)12(17)14-5-6-18-8-10(14)11(15)16/h9-10H,2-8H2,1H3,(H,15,16). The van der Waals surface area contributed by atoms with E-state index in [4.69, 9.17) is 5.11 Å². The summed E-state index contributed by atoms with van der Waals surface area (Å²) in [5.74, 6) is 1.04. The fourth-order valence-corrected chi connectivity index (χ4v) is 3.44. The van der Waals surface area contributed by atoms with Crippen LogP contribution in [0.15, 0.2) is 0 Å². The van der Waals surface area contributed by atoms with Crippen molar-refractivity contribution < 1.29 is 14.7 Å². The van der Waals surface area contributed by atoms with E-state index >= 15 is 0 Å². The van der Waals surface area contributed by atoms with Gasteiger partial charge in [0.1, 0.15) is 6.04 Å². The van der Waals surface area contributed by atoms with Crippen LogP contribution in [-0.2, 0) is 4.79 Å². The van der Waals surface area contributed by atoms with E-state index in [-0.39, 0.29) is 6.03 Å². The zero-order valence-electron chi connectivity index (χ0n) is 10.7. The number of carbonyl (C=O) groups excluding carboxylic acids is 1. The number of hydrogen-bond acceptors (Lipinski definition) is 3. The molecule has 0 bridgehead atoms. The van der Waals surface area contributed by atoms with Crippen LogP contribution < -0.4 is 0 Å². The van der Waals surface area contributed by atoms with Crippen LogP contribution in [0.25, 0.3) is 0 Å². The number of carboxylic acid groups (broad SMARTS) is 1. The zero-order valence-corrected chi connectivity index (χ0v) is 11.5. The SMILES string of the molecule is CN(CC1CCC1)C(=O)N1CCSCC1C(=O)O. The smallest absolute Gasteiger partial charge is 0.327 e. The summed E-state index contributed by atoms with van der Waals surface area (Å²) >= 11 is 1.60. The van der Waals surface area contributed by atoms with Crippen molar-refractivity contribution in [2.24, 2.45) is 5.92 Å². The highest BCUT2D eigenvalue weighted by Gasteiger charge is 2.34.